The summed E-state index contributed by atoms with van der Waals surface area (Å²) in [5.41, 5.74) is 0. The van der Waals surface area contributed by atoms with Gasteiger partial charge in [0.25, 0.3) is 0 Å². The number of allylic oxidation sites excluding steroid dienone is 20. The summed E-state index contributed by atoms with van der Waals surface area (Å²) >= 11 is 0. The van der Waals surface area contributed by atoms with Crippen LogP contribution < -0.4 is 5.32 Å². The van der Waals surface area contributed by atoms with Gasteiger partial charge in [-0.2, -0.15) is 0 Å². The molecule has 0 aromatic rings. The number of rotatable bonds is 40. The first-order chi connectivity index (χ1) is 35.6. The number of amides is 1. The number of unbranched alkanes of at least 4 members (excludes halogenated alkanes) is 7. The third-order valence-electron chi connectivity index (χ3n) is 12.4. The van der Waals surface area contributed by atoms with E-state index in [1.165, 1.54) is 0 Å². The summed E-state index contributed by atoms with van der Waals surface area (Å²) in [5.74, 6) is -0.262. The van der Waals surface area contributed by atoms with Crippen LogP contribution in [0.2, 0.25) is 0 Å². The van der Waals surface area contributed by atoms with E-state index in [2.05, 4.69) is 141 Å². The van der Waals surface area contributed by atoms with Crippen LogP contribution in [0, 0.1) is 0 Å². The van der Waals surface area contributed by atoms with E-state index in [0.29, 0.717) is 12.8 Å². The highest BCUT2D eigenvalue weighted by Crippen LogP contribution is 2.30. The summed E-state index contributed by atoms with van der Waals surface area (Å²) in [5, 5.41) is 86.5. The standard InChI is InChI=1S/C59H95NO13/c1-3-5-7-9-11-12-13-14-15-16-17-18-19-20-21-22-23-24-25-26-27-28-29-30-31-32-33-34-35-36-37-39-41-43-51(64)60-47(48(63)42-40-38-10-8-6-4-2)46-70-58-56(69)54(67)57(50(45-62)72-58)73-59-55(68)53(66)52(65)49(44-61)71-59/h5,7,11-12,14-15,17-18,20-21,23-24,26-27,29-30,32-33,35-36,47-50,52-59,61-63,65-69H,3-4,6,8-10,13,16,19,22,25,28,31,34,37-46H2,1-2H3,(H,60,64)/b7-5-,12-11-,15-14-,18-17-,21-20-,24-23-,27-26-,30-29-,33-32-,36-35-. The van der Waals surface area contributed by atoms with Crippen LogP contribution >= 0.6 is 0 Å². The van der Waals surface area contributed by atoms with E-state index in [9.17, 15) is 45.6 Å². The number of aliphatic hydroxyl groups excluding tert-OH is 8. The first-order valence-electron chi connectivity index (χ1n) is 27.3. The summed E-state index contributed by atoms with van der Waals surface area (Å²) in [6.45, 7) is 2.59. The highest BCUT2D eigenvalue weighted by molar-refractivity contribution is 5.76. The molecule has 2 rings (SSSR count). The van der Waals surface area contributed by atoms with Gasteiger partial charge < -0.3 is 65.1 Å². The topological polar surface area (TPSA) is 228 Å². The van der Waals surface area contributed by atoms with Gasteiger partial charge in [-0.15, -0.1) is 0 Å². The van der Waals surface area contributed by atoms with Gasteiger partial charge in [0.2, 0.25) is 5.91 Å². The highest BCUT2D eigenvalue weighted by atomic mass is 16.7. The lowest BCUT2D eigenvalue weighted by molar-refractivity contribution is -0.359. The summed E-state index contributed by atoms with van der Waals surface area (Å²) in [4.78, 5) is 13.1. The average molecular weight is 1030 g/mol. The molecular formula is C59H95NO13. The van der Waals surface area contributed by atoms with Gasteiger partial charge in [0.1, 0.15) is 48.8 Å². The first kappa shape index (κ1) is 65.5. The Kier molecular flexibility index (Phi) is 39.1. The molecule has 9 N–H and O–H groups in total. The van der Waals surface area contributed by atoms with E-state index < -0.39 is 86.8 Å². The van der Waals surface area contributed by atoms with Gasteiger partial charge in [0, 0.05) is 6.42 Å². The minimum Gasteiger partial charge on any atom is -0.394 e. The molecule has 2 fully saturated rings. The fraction of sp³-hybridized carbons (Fsp3) is 0.644. The van der Waals surface area contributed by atoms with Crippen LogP contribution in [-0.2, 0) is 23.7 Å². The van der Waals surface area contributed by atoms with Crippen LogP contribution in [0.15, 0.2) is 122 Å². The monoisotopic (exact) mass is 1030 g/mol. The second kappa shape index (κ2) is 43.6. The molecule has 0 aromatic heterocycles. The van der Waals surface area contributed by atoms with Crippen molar-refractivity contribution in [3.63, 3.8) is 0 Å². The molecule has 1 amide bonds. The van der Waals surface area contributed by atoms with Crippen molar-refractivity contribution in [3.05, 3.63) is 122 Å². The second-order valence-corrected chi connectivity index (χ2v) is 18.6. The Morgan fingerprint density at radius 2 is 0.945 bits per heavy atom. The summed E-state index contributed by atoms with van der Waals surface area (Å²) < 4.78 is 22.6. The average Bonchev–Trinajstić information content (AvgIpc) is 3.39. The van der Waals surface area contributed by atoms with E-state index in [1.807, 2.05) is 0 Å². The maximum atomic E-state index is 13.1. The minimum absolute atomic E-state index is 0.239. The van der Waals surface area contributed by atoms with Crippen molar-refractivity contribution >= 4 is 5.91 Å². The summed E-state index contributed by atoms with van der Waals surface area (Å²) in [6, 6.07) is -0.858. The van der Waals surface area contributed by atoms with Crippen molar-refractivity contribution in [2.75, 3.05) is 19.8 Å². The lowest BCUT2D eigenvalue weighted by Crippen LogP contribution is -2.65. The maximum absolute atomic E-state index is 13.1. The molecule has 0 saturated carbocycles. The number of carbonyl (C=O) groups excluding carboxylic acids is 1. The van der Waals surface area contributed by atoms with Crippen LogP contribution in [0.3, 0.4) is 0 Å². The molecule has 0 bridgehead atoms. The molecule has 0 radical (unpaired) electrons. The van der Waals surface area contributed by atoms with E-state index in [-0.39, 0.29) is 18.9 Å². The molecule has 2 aliphatic heterocycles. The van der Waals surface area contributed by atoms with Crippen LogP contribution in [0.25, 0.3) is 0 Å². The molecule has 0 aromatic carbocycles. The van der Waals surface area contributed by atoms with Crippen LogP contribution in [0.1, 0.15) is 149 Å². The van der Waals surface area contributed by atoms with Gasteiger partial charge >= 0.3 is 0 Å². The molecule has 73 heavy (non-hydrogen) atoms. The van der Waals surface area contributed by atoms with Crippen molar-refractivity contribution in [2.24, 2.45) is 0 Å². The fourth-order valence-corrected chi connectivity index (χ4v) is 8.03. The van der Waals surface area contributed by atoms with E-state index in [0.717, 1.165) is 116 Å². The summed E-state index contributed by atoms with van der Waals surface area (Å²) in [7, 11) is 0. The largest absolute Gasteiger partial charge is 0.394 e. The fourth-order valence-electron chi connectivity index (χ4n) is 8.03. The number of carbonyl (C=O) groups is 1. The third-order valence-corrected chi connectivity index (χ3v) is 12.4. The number of nitrogens with one attached hydrogen (secondary N) is 1. The quantitative estimate of drug-likeness (QED) is 0.0208. The molecular weight excluding hydrogens is 931 g/mol. The van der Waals surface area contributed by atoms with E-state index in [1.54, 1.807) is 0 Å². The number of aliphatic hydroxyl groups is 8. The lowest BCUT2D eigenvalue weighted by Gasteiger charge is -2.46. The first-order valence-corrected chi connectivity index (χ1v) is 27.3. The predicted octanol–water partition coefficient (Wildman–Crippen LogP) is 8.27. The third kappa shape index (κ3) is 29.9. The second-order valence-electron chi connectivity index (χ2n) is 18.6. The molecule has 14 nitrogen and oxygen atoms in total. The van der Waals surface area contributed by atoms with Crippen LogP contribution in [0.5, 0.6) is 0 Å². The van der Waals surface area contributed by atoms with Gasteiger partial charge in [0.15, 0.2) is 12.6 Å². The molecule has 12 atom stereocenters. The molecule has 14 heteroatoms. The van der Waals surface area contributed by atoms with Crippen molar-refractivity contribution in [1.82, 2.24) is 5.32 Å². The number of hydrogen-bond acceptors (Lipinski definition) is 13. The molecule has 2 saturated heterocycles. The molecule has 414 valence electrons. The smallest absolute Gasteiger partial charge is 0.220 e. The van der Waals surface area contributed by atoms with Gasteiger partial charge in [-0.05, 0) is 89.9 Å². The van der Waals surface area contributed by atoms with Crippen molar-refractivity contribution in [3.8, 4) is 0 Å². The zero-order chi connectivity index (χ0) is 53.2. The van der Waals surface area contributed by atoms with Gasteiger partial charge in [0.05, 0.1) is 32.0 Å². The Labute approximate surface area is 438 Å². The van der Waals surface area contributed by atoms with Gasteiger partial charge in [-0.3, -0.25) is 4.79 Å². The molecule has 0 spiro atoms. The van der Waals surface area contributed by atoms with Gasteiger partial charge in [-0.25, -0.2) is 0 Å². The number of hydrogen-bond donors (Lipinski definition) is 9. The Hall–Kier alpha value is -3.61. The zero-order valence-electron chi connectivity index (χ0n) is 44.1. The lowest BCUT2D eigenvalue weighted by atomic mass is 9.97. The molecule has 12 unspecified atom stereocenters. The predicted molar refractivity (Wildman–Crippen MR) is 290 cm³/mol. The zero-order valence-corrected chi connectivity index (χ0v) is 44.1. The molecule has 2 heterocycles. The Bertz CT molecular complexity index is 1680. The Morgan fingerprint density at radius 3 is 1.42 bits per heavy atom. The SMILES string of the molecule is CC/C=C\C/C=C\C/C=C\C/C=C\C/C=C\C/C=C\C/C=C\C/C=C\C/C=C\C/C=C\CCCCC(=O)NC(COC1OC(CO)C(OC2OC(CO)C(O)C(O)C2O)C(O)C1O)C(O)CCCCCCCC. The Balaban J connectivity index is 1.67. The minimum atomic E-state index is -1.79. The molecule has 0 aliphatic carbocycles. The normalized spacial score (nSPS) is 26.4. The molecule has 2 aliphatic rings. The maximum Gasteiger partial charge on any atom is 0.220 e. The van der Waals surface area contributed by atoms with Crippen LogP contribution in [-0.4, -0.2) is 140 Å². The highest BCUT2D eigenvalue weighted by Gasteiger charge is 2.51. The van der Waals surface area contributed by atoms with Crippen LogP contribution in [0.4, 0.5) is 0 Å². The van der Waals surface area contributed by atoms with Crippen molar-refractivity contribution in [2.45, 2.75) is 222 Å². The number of ether oxygens (including phenoxy) is 4. The van der Waals surface area contributed by atoms with E-state index in [4.69, 9.17) is 18.9 Å². The van der Waals surface area contributed by atoms with E-state index >= 15 is 0 Å². The van der Waals surface area contributed by atoms with Gasteiger partial charge in [-0.1, -0.05) is 174 Å². The summed E-state index contributed by atoms with van der Waals surface area (Å²) in [6.07, 6.45) is 45.5. The van der Waals surface area contributed by atoms with Crippen molar-refractivity contribution in [1.29, 1.82) is 0 Å². The van der Waals surface area contributed by atoms with Crippen molar-refractivity contribution < 1.29 is 64.6 Å². The Morgan fingerprint density at radius 1 is 0.507 bits per heavy atom.